The summed E-state index contributed by atoms with van der Waals surface area (Å²) in [4.78, 5) is 10.1. The molecule has 1 aromatic rings. The Balaban J connectivity index is 0.000000810. The SMILES string of the molecule is O=Cc1ccccc1O.[Al]. The average Bonchev–Trinajstić information content (AvgIpc) is 1.89. The standard InChI is InChI=1S/C7H6O2.Al/c8-5-6-3-1-2-4-7(6)9;/h1-5,9H;. The Kier molecular flexibility index (Phi) is 3.79. The predicted molar refractivity (Wildman–Crippen MR) is 39.2 cm³/mol. The Morgan fingerprint density at radius 1 is 1.30 bits per heavy atom. The van der Waals surface area contributed by atoms with Gasteiger partial charge in [-0.15, -0.1) is 0 Å². The van der Waals surface area contributed by atoms with Gasteiger partial charge in [-0.25, -0.2) is 0 Å². The number of aldehydes is 1. The number of hydrogen-bond donors (Lipinski definition) is 1. The number of phenols is 1. The van der Waals surface area contributed by atoms with Crippen LogP contribution in [-0.4, -0.2) is 28.8 Å². The van der Waals surface area contributed by atoms with Crippen LogP contribution in [0, 0.1) is 0 Å². The molecular weight excluding hydrogens is 143 g/mol. The molecule has 10 heavy (non-hydrogen) atoms. The molecule has 0 aliphatic carbocycles. The van der Waals surface area contributed by atoms with E-state index in [0.29, 0.717) is 11.8 Å². The Hall–Kier alpha value is -0.778. The van der Waals surface area contributed by atoms with E-state index in [0.717, 1.165) is 0 Å². The van der Waals surface area contributed by atoms with E-state index in [9.17, 15) is 4.79 Å². The molecule has 0 saturated heterocycles. The van der Waals surface area contributed by atoms with E-state index in [2.05, 4.69) is 0 Å². The third-order valence-corrected chi connectivity index (χ3v) is 1.06. The minimum Gasteiger partial charge on any atom is -0.507 e. The largest absolute Gasteiger partial charge is 0.507 e. The summed E-state index contributed by atoms with van der Waals surface area (Å²) in [6, 6.07) is 6.40. The lowest BCUT2D eigenvalue weighted by molar-refractivity contribution is 0.112. The van der Waals surface area contributed by atoms with Crippen LogP contribution >= 0.6 is 0 Å². The quantitative estimate of drug-likeness (QED) is 0.474. The molecule has 1 aromatic carbocycles. The maximum absolute atomic E-state index is 10.1. The number of para-hydroxylation sites is 1. The Bertz CT molecular complexity index is 223. The molecule has 0 unspecified atom stereocenters. The van der Waals surface area contributed by atoms with E-state index in [1.54, 1.807) is 18.2 Å². The van der Waals surface area contributed by atoms with Gasteiger partial charge < -0.3 is 5.11 Å². The van der Waals surface area contributed by atoms with Gasteiger partial charge in [-0.2, -0.15) is 0 Å². The maximum Gasteiger partial charge on any atom is 0.153 e. The van der Waals surface area contributed by atoms with Crippen LogP contribution < -0.4 is 0 Å². The van der Waals surface area contributed by atoms with Gasteiger partial charge in [0.15, 0.2) is 6.29 Å². The van der Waals surface area contributed by atoms with Gasteiger partial charge in [0.05, 0.1) is 5.56 Å². The minimum atomic E-state index is 0. The molecule has 0 aliphatic heterocycles. The minimum absolute atomic E-state index is 0. The highest BCUT2D eigenvalue weighted by atomic mass is 27.0. The van der Waals surface area contributed by atoms with Gasteiger partial charge in [0.25, 0.3) is 0 Å². The molecule has 0 aliphatic rings. The van der Waals surface area contributed by atoms with E-state index in [-0.39, 0.29) is 23.1 Å². The van der Waals surface area contributed by atoms with E-state index < -0.39 is 0 Å². The number of benzene rings is 1. The Labute approximate surface area is 69.6 Å². The van der Waals surface area contributed by atoms with Crippen molar-refractivity contribution in [3.63, 3.8) is 0 Å². The van der Waals surface area contributed by atoms with Crippen LogP contribution in [0.15, 0.2) is 24.3 Å². The molecule has 3 heteroatoms. The monoisotopic (exact) mass is 149 g/mol. The predicted octanol–water partition coefficient (Wildman–Crippen LogP) is 0.824. The summed E-state index contributed by atoms with van der Waals surface area (Å²) in [5, 5.41) is 8.88. The zero-order valence-electron chi connectivity index (χ0n) is 5.32. The summed E-state index contributed by atoms with van der Waals surface area (Å²) in [7, 11) is 0. The molecule has 1 rings (SSSR count). The third-order valence-electron chi connectivity index (χ3n) is 1.06. The van der Waals surface area contributed by atoms with Crippen LogP contribution in [0.5, 0.6) is 5.75 Å². The molecule has 0 amide bonds. The van der Waals surface area contributed by atoms with Crippen LogP contribution in [-0.2, 0) is 0 Å². The van der Waals surface area contributed by atoms with Crippen molar-refractivity contribution in [3.05, 3.63) is 29.8 Å². The van der Waals surface area contributed by atoms with Crippen LogP contribution in [0.25, 0.3) is 0 Å². The molecular formula is C7H6AlO2. The first kappa shape index (κ1) is 9.22. The summed E-state index contributed by atoms with van der Waals surface area (Å²) in [5.41, 5.74) is 0.331. The maximum atomic E-state index is 10.1. The molecule has 0 saturated carbocycles. The van der Waals surface area contributed by atoms with Crippen molar-refractivity contribution in [1.82, 2.24) is 0 Å². The van der Waals surface area contributed by atoms with E-state index in [1.807, 2.05) is 0 Å². The fourth-order valence-corrected chi connectivity index (χ4v) is 0.587. The van der Waals surface area contributed by atoms with Gasteiger partial charge in [-0.1, -0.05) is 12.1 Å². The second kappa shape index (κ2) is 4.10. The van der Waals surface area contributed by atoms with Gasteiger partial charge in [-0.05, 0) is 12.1 Å². The number of rotatable bonds is 1. The van der Waals surface area contributed by atoms with Gasteiger partial charge in [-0.3, -0.25) is 4.79 Å². The number of carbonyl (C=O) groups excluding carboxylic acids is 1. The lowest BCUT2D eigenvalue weighted by atomic mass is 10.2. The number of phenolic OH excluding ortho intramolecular Hbond substituents is 1. The average molecular weight is 149 g/mol. The van der Waals surface area contributed by atoms with Crippen molar-refractivity contribution < 1.29 is 9.90 Å². The van der Waals surface area contributed by atoms with Gasteiger partial charge in [0.2, 0.25) is 0 Å². The van der Waals surface area contributed by atoms with Crippen molar-refractivity contribution in [1.29, 1.82) is 0 Å². The van der Waals surface area contributed by atoms with Crippen LogP contribution in [0.2, 0.25) is 0 Å². The zero-order valence-corrected chi connectivity index (χ0v) is 6.47. The van der Waals surface area contributed by atoms with E-state index in [4.69, 9.17) is 5.11 Å². The summed E-state index contributed by atoms with van der Waals surface area (Å²) in [6.07, 6.45) is 0.620. The highest BCUT2D eigenvalue weighted by Crippen LogP contribution is 2.11. The second-order valence-electron chi connectivity index (χ2n) is 1.68. The molecule has 3 radical (unpaired) electrons. The van der Waals surface area contributed by atoms with Crippen molar-refractivity contribution >= 4 is 23.6 Å². The van der Waals surface area contributed by atoms with E-state index >= 15 is 0 Å². The van der Waals surface area contributed by atoms with Crippen LogP contribution in [0.4, 0.5) is 0 Å². The lowest BCUT2D eigenvalue weighted by Crippen LogP contribution is -1.77. The Morgan fingerprint density at radius 3 is 2.30 bits per heavy atom. The summed E-state index contributed by atoms with van der Waals surface area (Å²) < 4.78 is 0. The molecule has 0 heterocycles. The molecule has 0 aromatic heterocycles. The van der Waals surface area contributed by atoms with Crippen molar-refractivity contribution in [2.24, 2.45) is 0 Å². The first-order valence-electron chi connectivity index (χ1n) is 2.58. The number of carbonyl (C=O) groups is 1. The number of hydrogen-bond acceptors (Lipinski definition) is 2. The summed E-state index contributed by atoms with van der Waals surface area (Å²) in [5.74, 6) is 0.0347. The van der Waals surface area contributed by atoms with Crippen LogP contribution in [0.1, 0.15) is 10.4 Å². The normalized spacial score (nSPS) is 8.00. The van der Waals surface area contributed by atoms with Gasteiger partial charge >= 0.3 is 0 Å². The van der Waals surface area contributed by atoms with Crippen molar-refractivity contribution in [3.8, 4) is 5.75 Å². The highest BCUT2D eigenvalue weighted by molar-refractivity contribution is 5.78. The highest BCUT2D eigenvalue weighted by Gasteiger charge is 1.93. The van der Waals surface area contributed by atoms with Gasteiger partial charge in [0, 0.05) is 17.4 Å². The summed E-state index contributed by atoms with van der Waals surface area (Å²) in [6.45, 7) is 0. The Morgan fingerprint density at radius 2 is 1.90 bits per heavy atom. The van der Waals surface area contributed by atoms with Crippen molar-refractivity contribution in [2.75, 3.05) is 0 Å². The first-order chi connectivity index (χ1) is 4.34. The lowest BCUT2D eigenvalue weighted by Gasteiger charge is -1.91. The third kappa shape index (κ3) is 1.87. The topological polar surface area (TPSA) is 37.3 Å². The number of aromatic hydroxyl groups is 1. The fraction of sp³-hybridized carbons (Fsp3) is 0. The van der Waals surface area contributed by atoms with Crippen LogP contribution in [0.3, 0.4) is 0 Å². The molecule has 49 valence electrons. The molecule has 0 bridgehead atoms. The smallest absolute Gasteiger partial charge is 0.153 e. The zero-order chi connectivity index (χ0) is 6.69. The molecule has 0 spiro atoms. The summed E-state index contributed by atoms with van der Waals surface area (Å²) >= 11 is 0. The molecule has 0 fully saturated rings. The fourth-order valence-electron chi connectivity index (χ4n) is 0.587. The van der Waals surface area contributed by atoms with Crippen molar-refractivity contribution in [2.45, 2.75) is 0 Å². The second-order valence-corrected chi connectivity index (χ2v) is 1.68. The van der Waals surface area contributed by atoms with Gasteiger partial charge in [0.1, 0.15) is 5.75 Å². The molecule has 2 nitrogen and oxygen atoms in total. The van der Waals surface area contributed by atoms with E-state index in [1.165, 1.54) is 6.07 Å². The first-order valence-corrected chi connectivity index (χ1v) is 2.58. The molecule has 1 N–H and O–H groups in total. The molecule has 0 atom stereocenters.